The minimum atomic E-state index is 0.256. The van der Waals surface area contributed by atoms with Crippen molar-refractivity contribution in [1.82, 2.24) is 0 Å². The van der Waals surface area contributed by atoms with Crippen molar-refractivity contribution in [1.29, 1.82) is 0 Å². The molecular weight excluding hydrogens is 182 g/mol. The molecule has 0 saturated heterocycles. The van der Waals surface area contributed by atoms with E-state index >= 15 is 0 Å². The van der Waals surface area contributed by atoms with Crippen molar-refractivity contribution in [2.24, 2.45) is 11.7 Å². The molecule has 0 spiro atoms. The third kappa shape index (κ3) is 2.40. The van der Waals surface area contributed by atoms with Crippen LogP contribution in [0.25, 0.3) is 0 Å². The highest BCUT2D eigenvalue weighted by Crippen LogP contribution is 2.33. The summed E-state index contributed by atoms with van der Waals surface area (Å²) in [6.07, 6.45) is 6.76. The van der Waals surface area contributed by atoms with Crippen LogP contribution in [0.4, 0.5) is 0 Å². The molecule has 1 nitrogen and oxygen atoms in total. The second-order valence-electron chi connectivity index (χ2n) is 4.78. The van der Waals surface area contributed by atoms with Crippen molar-refractivity contribution >= 4 is 0 Å². The van der Waals surface area contributed by atoms with E-state index in [1.165, 1.54) is 43.2 Å². The van der Waals surface area contributed by atoms with Gasteiger partial charge in [0.05, 0.1) is 0 Å². The summed E-state index contributed by atoms with van der Waals surface area (Å²) in [5, 5.41) is 0. The van der Waals surface area contributed by atoms with Crippen LogP contribution in [0.15, 0.2) is 24.3 Å². The maximum absolute atomic E-state index is 6.37. The first-order chi connectivity index (χ1) is 7.29. The van der Waals surface area contributed by atoms with Gasteiger partial charge in [-0.2, -0.15) is 0 Å². The summed E-state index contributed by atoms with van der Waals surface area (Å²) < 4.78 is 0. The Morgan fingerprint density at radius 2 is 1.80 bits per heavy atom. The summed E-state index contributed by atoms with van der Waals surface area (Å²) in [5.74, 6) is 0.708. The minimum Gasteiger partial charge on any atom is -0.324 e. The molecule has 0 amide bonds. The lowest BCUT2D eigenvalue weighted by molar-refractivity contribution is 0.307. The van der Waals surface area contributed by atoms with Gasteiger partial charge in [0.25, 0.3) is 0 Å². The first kappa shape index (κ1) is 10.7. The van der Waals surface area contributed by atoms with Crippen LogP contribution >= 0.6 is 0 Å². The molecule has 0 heterocycles. The van der Waals surface area contributed by atoms with E-state index in [4.69, 9.17) is 5.73 Å². The normalized spacial score (nSPS) is 20.1. The molecule has 0 bridgehead atoms. The standard InChI is InChI=1S/C14H21N/c1-11-7-5-6-10-13(11)14(15)12-8-3-2-4-9-12/h5-7,10,12,14H,2-4,8-9,15H2,1H3/t14-/m0/s1. The first-order valence-electron chi connectivity index (χ1n) is 6.10. The predicted octanol–water partition coefficient (Wildman–Crippen LogP) is 3.58. The summed E-state index contributed by atoms with van der Waals surface area (Å²) in [5.41, 5.74) is 9.06. The van der Waals surface area contributed by atoms with E-state index in [1.54, 1.807) is 0 Å². The van der Waals surface area contributed by atoms with Gasteiger partial charge < -0.3 is 5.73 Å². The molecule has 1 saturated carbocycles. The van der Waals surface area contributed by atoms with Crippen molar-refractivity contribution in [2.45, 2.75) is 45.1 Å². The molecule has 1 fully saturated rings. The summed E-state index contributed by atoms with van der Waals surface area (Å²) in [4.78, 5) is 0. The zero-order valence-electron chi connectivity index (χ0n) is 9.58. The zero-order valence-corrected chi connectivity index (χ0v) is 9.58. The third-order valence-corrected chi connectivity index (χ3v) is 3.71. The quantitative estimate of drug-likeness (QED) is 0.781. The van der Waals surface area contributed by atoms with Gasteiger partial charge in [-0.15, -0.1) is 0 Å². The average molecular weight is 203 g/mol. The van der Waals surface area contributed by atoms with Crippen LogP contribution in [0.1, 0.15) is 49.3 Å². The van der Waals surface area contributed by atoms with Gasteiger partial charge in [-0.3, -0.25) is 0 Å². The Labute approximate surface area is 92.7 Å². The van der Waals surface area contributed by atoms with Crippen LogP contribution in [-0.4, -0.2) is 0 Å². The fourth-order valence-electron chi connectivity index (χ4n) is 2.71. The highest BCUT2D eigenvalue weighted by molar-refractivity contribution is 5.28. The Morgan fingerprint density at radius 1 is 1.13 bits per heavy atom. The fourth-order valence-corrected chi connectivity index (χ4v) is 2.71. The molecule has 0 aliphatic heterocycles. The first-order valence-corrected chi connectivity index (χ1v) is 6.10. The number of aryl methyl sites for hydroxylation is 1. The molecule has 82 valence electrons. The monoisotopic (exact) mass is 203 g/mol. The van der Waals surface area contributed by atoms with E-state index in [0.717, 1.165) is 0 Å². The SMILES string of the molecule is Cc1ccccc1[C@@H](N)C1CCCCC1. The average Bonchev–Trinajstić information content (AvgIpc) is 2.30. The lowest BCUT2D eigenvalue weighted by Crippen LogP contribution is -2.24. The Bertz CT molecular complexity index is 313. The summed E-state index contributed by atoms with van der Waals surface area (Å²) >= 11 is 0. The molecule has 1 aromatic rings. The summed E-state index contributed by atoms with van der Waals surface area (Å²) in [6.45, 7) is 2.16. The highest BCUT2D eigenvalue weighted by atomic mass is 14.7. The molecule has 1 aliphatic rings. The number of hydrogen-bond acceptors (Lipinski definition) is 1. The lowest BCUT2D eigenvalue weighted by atomic mass is 9.80. The molecule has 1 aromatic carbocycles. The van der Waals surface area contributed by atoms with Crippen molar-refractivity contribution in [3.63, 3.8) is 0 Å². The van der Waals surface area contributed by atoms with E-state index in [1.807, 2.05) is 0 Å². The molecule has 2 N–H and O–H groups in total. The molecule has 0 unspecified atom stereocenters. The lowest BCUT2D eigenvalue weighted by Gasteiger charge is -2.28. The van der Waals surface area contributed by atoms with Gasteiger partial charge in [-0.05, 0) is 36.8 Å². The van der Waals surface area contributed by atoms with Crippen LogP contribution in [0, 0.1) is 12.8 Å². The van der Waals surface area contributed by atoms with Crippen LogP contribution in [0.5, 0.6) is 0 Å². The Hall–Kier alpha value is -0.820. The Kier molecular flexibility index (Phi) is 3.42. The number of hydrogen-bond donors (Lipinski definition) is 1. The fraction of sp³-hybridized carbons (Fsp3) is 0.571. The molecule has 0 radical (unpaired) electrons. The minimum absolute atomic E-state index is 0.256. The number of rotatable bonds is 2. The second-order valence-corrected chi connectivity index (χ2v) is 4.78. The Balaban J connectivity index is 2.12. The van der Waals surface area contributed by atoms with Crippen LogP contribution < -0.4 is 5.73 Å². The van der Waals surface area contributed by atoms with Gasteiger partial charge in [0.2, 0.25) is 0 Å². The van der Waals surface area contributed by atoms with Gasteiger partial charge in [-0.25, -0.2) is 0 Å². The molecule has 15 heavy (non-hydrogen) atoms. The van der Waals surface area contributed by atoms with Gasteiger partial charge in [-0.1, -0.05) is 43.5 Å². The zero-order chi connectivity index (χ0) is 10.7. The van der Waals surface area contributed by atoms with Crippen LogP contribution in [-0.2, 0) is 0 Å². The second kappa shape index (κ2) is 4.80. The van der Waals surface area contributed by atoms with E-state index in [0.29, 0.717) is 5.92 Å². The third-order valence-electron chi connectivity index (χ3n) is 3.71. The predicted molar refractivity (Wildman–Crippen MR) is 64.7 cm³/mol. The summed E-state index contributed by atoms with van der Waals surface area (Å²) in [7, 11) is 0. The van der Waals surface area contributed by atoms with E-state index < -0.39 is 0 Å². The van der Waals surface area contributed by atoms with E-state index in [2.05, 4.69) is 31.2 Å². The molecule has 1 aliphatic carbocycles. The smallest absolute Gasteiger partial charge is 0.0326 e. The van der Waals surface area contributed by atoms with Gasteiger partial charge in [0.1, 0.15) is 0 Å². The number of benzene rings is 1. The van der Waals surface area contributed by atoms with Crippen molar-refractivity contribution < 1.29 is 0 Å². The topological polar surface area (TPSA) is 26.0 Å². The van der Waals surface area contributed by atoms with Gasteiger partial charge >= 0.3 is 0 Å². The molecular formula is C14H21N. The highest BCUT2D eigenvalue weighted by Gasteiger charge is 2.22. The molecule has 0 aromatic heterocycles. The molecule has 1 heteroatoms. The number of nitrogens with two attached hydrogens (primary N) is 1. The van der Waals surface area contributed by atoms with Crippen molar-refractivity contribution in [3.05, 3.63) is 35.4 Å². The van der Waals surface area contributed by atoms with Gasteiger partial charge in [0.15, 0.2) is 0 Å². The largest absolute Gasteiger partial charge is 0.324 e. The maximum Gasteiger partial charge on any atom is 0.0326 e. The van der Waals surface area contributed by atoms with Gasteiger partial charge in [0, 0.05) is 6.04 Å². The molecule has 2 rings (SSSR count). The van der Waals surface area contributed by atoms with Crippen molar-refractivity contribution in [2.75, 3.05) is 0 Å². The van der Waals surface area contributed by atoms with E-state index in [-0.39, 0.29) is 6.04 Å². The molecule has 1 atom stereocenters. The van der Waals surface area contributed by atoms with Crippen LogP contribution in [0.3, 0.4) is 0 Å². The van der Waals surface area contributed by atoms with Crippen molar-refractivity contribution in [3.8, 4) is 0 Å². The Morgan fingerprint density at radius 3 is 2.47 bits per heavy atom. The van der Waals surface area contributed by atoms with Crippen LogP contribution in [0.2, 0.25) is 0 Å². The maximum atomic E-state index is 6.37. The van der Waals surface area contributed by atoms with E-state index in [9.17, 15) is 0 Å². The summed E-state index contributed by atoms with van der Waals surface area (Å²) in [6, 6.07) is 8.80.